The van der Waals surface area contributed by atoms with Gasteiger partial charge in [0.25, 0.3) is 0 Å². The fourth-order valence-electron chi connectivity index (χ4n) is 1.74. The molecule has 0 amide bonds. The Balaban J connectivity index is 1.99. The van der Waals surface area contributed by atoms with Crippen LogP contribution < -0.4 is 0 Å². The number of sulfone groups is 1. The maximum absolute atomic E-state index is 11.7. The third-order valence-electron chi connectivity index (χ3n) is 2.57. The van der Waals surface area contributed by atoms with Gasteiger partial charge in [0.2, 0.25) is 0 Å². The average Bonchev–Trinajstić information content (AvgIpc) is 2.72. The minimum absolute atomic E-state index is 0.0356. The van der Waals surface area contributed by atoms with Gasteiger partial charge in [0.05, 0.1) is 25.0 Å². The van der Waals surface area contributed by atoms with Crippen molar-refractivity contribution in [3.63, 3.8) is 0 Å². The number of rotatable bonds is 3. The summed E-state index contributed by atoms with van der Waals surface area (Å²) in [5.74, 6) is -0.0941. The standard InChI is InChI=1S/C8H12N4O3S/c1-12-10-8(9-11-12)4-7(13)6-2-3-16(14,15)5-6/h6H,2-5H2,1H3. The third kappa shape index (κ3) is 2.43. The van der Waals surface area contributed by atoms with Gasteiger partial charge in [0.15, 0.2) is 15.7 Å². The molecule has 88 valence electrons. The molecular formula is C8H12N4O3S. The smallest absolute Gasteiger partial charge is 0.182 e. The summed E-state index contributed by atoms with van der Waals surface area (Å²) in [6.07, 6.45) is 0.482. The molecule has 0 aliphatic carbocycles. The van der Waals surface area contributed by atoms with E-state index in [4.69, 9.17) is 0 Å². The zero-order chi connectivity index (χ0) is 11.8. The lowest BCUT2D eigenvalue weighted by Crippen LogP contribution is -2.18. The number of carbonyl (C=O) groups is 1. The van der Waals surface area contributed by atoms with Gasteiger partial charge in [-0.1, -0.05) is 0 Å². The maximum atomic E-state index is 11.7. The van der Waals surface area contributed by atoms with Crippen LogP contribution in [-0.2, 0) is 28.1 Å². The minimum atomic E-state index is -3.01. The van der Waals surface area contributed by atoms with Crippen LogP contribution in [0, 0.1) is 5.92 Å². The highest BCUT2D eigenvalue weighted by atomic mass is 32.2. The molecule has 0 radical (unpaired) electrons. The van der Waals surface area contributed by atoms with Gasteiger partial charge >= 0.3 is 0 Å². The molecule has 0 aromatic carbocycles. The van der Waals surface area contributed by atoms with Crippen molar-refractivity contribution in [1.29, 1.82) is 0 Å². The third-order valence-corrected chi connectivity index (χ3v) is 4.34. The molecule has 0 N–H and O–H groups in total. The normalized spacial score (nSPS) is 23.4. The molecular weight excluding hydrogens is 232 g/mol. The summed E-state index contributed by atoms with van der Waals surface area (Å²) < 4.78 is 22.4. The highest BCUT2D eigenvalue weighted by molar-refractivity contribution is 7.91. The van der Waals surface area contributed by atoms with Crippen LogP contribution in [0.5, 0.6) is 0 Å². The molecule has 1 aliphatic heterocycles. The first-order chi connectivity index (χ1) is 7.46. The predicted molar refractivity (Wildman–Crippen MR) is 54.3 cm³/mol. The van der Waals surface area contributed by atoms with E-state index >= 15 is 0 Å². The number of ketones is 1. The summed E-state index contributed by atoms with van der Waals surface area (Å²) in [4.78, 5) is 13.0. The molecule has 1 aliphatic rings. The van der Waals surface area contributed by atoms with Crippen LogP contribution in [0.25, 0.3) is 0 Å². The number of tetrazole rings is 1. The Labute approximate surface area is 92.8 Å². The van der Waals surface area contributed by atoms with E-state index in [-0.39, 0.29) is 23.7 Å². The van der Waals surface area contributed by atoms with Crippen molar-refractivity contribution in [1.82, 2.24) is 20.2 Å². The molecule has 0 saturated carbocycles. The Kier molecular flexibility index (Phi) is 2.75. The maximum Gasteiger partial charge on any atom is 0.182 e. The van der Waals surface area contributed by atoms with Gasteiger partial charge in [-0.2, -0.15) is 4.80 Å². The quantitative estimate of drug-likeness (QED) is 0.659. The molecule has 0 spiro atoms. The zero-order valence-corrected chi connectivity index (χ0v) is 9.64. The van der Waals surface area contributed by atoms with Gasteiger partial charge in [-0.3, -0.25) is 4.79 Å². The second-order valence-corrected chi connectivity index (χ2v) is 6.17. The number of nitrogens with zero attached hydrogens (tertiary/aromatic N) is 4. The Morgan fingerprint density at radius 1 is 1.56 bits per heavy atom. The van der Waals surface area contributed by atoms with Gasteiger partial charge in [-0.25, -0.2) is 8.42 Å². The van der Waals surface area contributed by atoms with E-state index in [0.717, 1.165) is 0 Å². The molecule has 1 aromatic rings. The van der Waals surface area contributed by atoms with Crippen LogP contribution in [0.15, 0.2) is 0 Å². The molecule has 0 bridgehead atoms. The molecule has 1 fully saturated rings. The lowest BCUT2D eigenvalue weighted by atomic mass is 10.0. The molecule has 1 unspecified atom stereocenters. The fraction of sp³-hybridized carbons (Fsp3) is 0.750. The highest BCUT2D eigenvalue weighted by Gasteiger charge is 2.33. The summed E-state index contributed by atoms with van der Waals surface area (Å²) in [6.45, 7) is 0. The number of hydrogen-bond acceptors (Lipinski definition) is 6. The van der Waals surface area contributed by atoms with Crippen LogP contribution in [-0.4, -0.2) is 45.9 Å². The van der Waals surface area contributed by atoms with E-state index in [1.54, 1.807) is 7.05 Å². The average molecular weight is 244 g/mol. The number of aromatic nitrogens is 4. The fourth-order valence-corrected chi connectivity index (χ4v) is 3.52. The van der Waals surface area contributed by atoms with Crippen molar-refractivity contribution >= 4 is 15.6 Å². The Bertz CT molecular complexity index is 507. The van der Waals surface area contributed by atoms with E-state index in [0.29, 0.717) is 12.2 Å². The van der Waals surface area contributed by atoms with E-state index in [1.165, 1.54) is 4.80 Å². The first-order valence-corrected chi connectivity index (χ1v) is 6.74. The number of aryl methyl sites for hydroxylation is 1. The minimum Gasteiger partial charge on any atom is -0.299 e. The van der Waals surface area contributed by atoms with Crippen LogP contribution in [0.1, 0.15) is 12.2 Å². The second-order valence-electron chi connectivity index (χ2n) is 3.94. The first kappa shape index (κ1) is 11.2. The summed E-state index contributed by atoms with van der Waals surface area (Å²) in [7, 11) is -1.40. The molecule has 1 atom stereocenters. The summed E-state index contributed by atoms with van der Waals surface area (Å²) in [5.41, 5.74) is 0. The summed E-state index contributed by atoms with van der Waals surface area (Å²) >= 11 is 0. The van der Waals surface area contributed by atoms with E-state index < -0.39 is 15.8 Å². The largest absolute Gasteiger partial charge is 0.299 e. The lowest BCUT2D eigenvalue weighted by molar-refractivity contribution is -0.121. The highest BCUT2D eigenvalue weighted by Crippen LogP contribution is 2.20. The molecule has 1 aromatic heterocycles. The van der Waals surface area contributed by atoms with E-state index in [9.17, 15) is 13.2 Å². The number of Topliss-reactive ketones (excluding diaryl/α,β-unsaturated/α-hetero) is 1. The lowest BCUT2D eigenvalue weighted by Gasteiger charge is -2.02. The van der Waals surface area contributed by atoms with Gasteiger partial charge < -0.3 is 0 Å². The predicted octanol–water partition coefficient (Wildman–Crippen LogP) is -1.24. The van der Waals surface area contributed by atoms with E-state index in [1.807, 2.05) is 0 Å². The Hall–Kier alpha value is -1.31. The van der Waals surface area contributed by atoms with Crippen LogP contribution >= 0.6 is 0 Å². The SMILES string of the molecule is Cn1nnc(CC(=O)C2CCS(=O)(=O)C2)n1. The molecule has 7 nitrogen and oxygen atoms in total. The van der Waals surface area contributed by atoms with Crippen LogP contribution in [0.4, 0.5) is 0 Å². The first-order valence-electron chi connectivity index (χ1n) is 4.92. The van der Waals surface area contributed by atoms with Crippen molar-refractivity contribution in [2.24, 2.45) is 13.0 Å². The monoisotopic (exact) mass is 244 g/mol. The van der Waals surface area contributed by atoms with Crippen molar-refractivity contribution in [2.75, 3.05) is 11.5 Å². The van der Waals surface area contributed by atoms with Gasteiger partial charge in [-0.05, 0) is 11.6 Å². The van der Waals surface area contributed by atoms with Gasteiger partial charge in [0, 0.05) is 5.92 Å². The summed E-state index contributed by atoms with van der Waals surface area (Å²) in [5, 5.41) is 11.2. The topological polar surface area (TPSA) is 94.8 Å². The van der Waals surface area contributed by atoms with Crippen molar-refractivity contribution in [3.05, 3.63) is 5.82 Å². The van der Waals surface area contributed by atoms with Crippen molar-refractivity contribution < 1.29 is 13.2 Å². The van der Waals surface area contributed by atoms with E-state index in [2.05, 4.69) is 15.4 Å². The molecule has 2 heterocycles. The van der Waals surface area contributed by atoms with Crippen molar-refractivity contribution in [2.45, 2.75) is 12.8 Å². The molecule has 16 heavy (non-hydrogen) atoms. The van der Waals surface area contributed by atoms with Crippen LogP contribution in [0.2, 0.25) is 0 Å². The zero-order valence-electron chi connectivity index (χ0n) is 8.83. The Morgan fingerprint density at radius 2 is 2.31 bits per heavy atom. The molecule has 1 saturated heterocycles. The number of carbonyl (C=O) groups excluding carboxylic acids is 1. The summed E-state index contributed by atoms with van der Waals surface area (Å²) in [6, 6.07) is 0. The second kappa shape index (κ2) is 3.93. The van der Waals surface area contributed by atoms with Gasteiger partial charge in [0.1, 0.15) is 5.78 Å². The van der Waals surface area contributed by atoms with Crippen LogP contribution in [0.3, 0.4) is 0 Å². The van der Waals surface area contributed by atoms with Crippen molar-refractivity contribution in [3.8, 4) is 0 Å². The molecule has 2 rings (SSSR count). The number of hydrogen-bond donors (Lipinski definition) is 0. The van der Waals surface area contributed by atoms with Gasteiger partial charge in [-0.15, -0.1) is 10.2 Å². The molecule has 8 heteroatoms. The Morgan fingerprint density at radius 3 is 2.81 bits per heavy atom.